The summed E-state index contributed by atoms with van der Waals surface area (Å²) in [5, 5.41) is 2.98. The van der Waals surface area contributed by atoms with Gasteiger partial charge in [-0.15, -0.1) is 0 Å². The Bertz CT molecular complexity index is 482. The molecule has 2 atom stereocenters. The highest BCUT2D eigenvalue weighted by Gasteiger charge is 2.28. The largest absolute Gasteiger partial charge is 0.485 e. The molecule has 1 heterocycles. The summed E-state index contributed by atoms with van der Waals surface area (Å²) in [5.41, 5.74) is 0. The molecule has 1 aromatic carbocycles. The van der Waals surface area contributed by atoms with Gasteiger partial charge in [0.1, 0.15) is 12.7 Å². The van der Waals surface area contributed by atoms with Gasteiger partial charge in [0.15, 0.2) is 5.75 Å². The molecule has 0 amide bonds. The van der Waals surface area contributed by atoms with Crippen LogP contribution in [-0.2, 0) is 4.74 Å². The highest BCUT2D eigenvalue weighted by molar-refractivity contribution is 5.29. The van der Waals surface area contributed by atoms with Gasteiger partial charge in [0.2, 0.25) is 29.1 Å². The number of rotatable bonds is 3. The first-order chi connectivity index (χ1) is 9.41. The summed E-state index contributed by atoms with van der Waals surface area (Å²) in [5.74, 6) is -11.5. The van der Waals surface area contributed by atoms with E-state index in [1.165, 1.54) is 0 Å². The van der Waals surface area contributed by atoms with E-state index in [1.807, 2.05) is 0 Å². The van der Waals surface area contributed by atoms with Crippen molar-refractivity contribution in [3.05, 3.63) is 29.1 Å². The molecule has 0 saturated carbocycles. The fourth-order valence-electron chi connectivity index (χ4n) is 1.86. The summed E-state index contributed by atoms with van der Waals surface area (Å²) < 4.78 is 75.5. The SMILES string of the molecule is CC1CNCC(COc2c(F)c(F)c(F)c(F)c2F)O1. The number of benzene rings is 1. The van der Waals surface area contributed by atoms with Crippen LogP contribution in [0.3, 0.4) is 0 Å². The molecule has 0 radical (unpaired) electrons. The molecule has 1 aliphatic rings. The summed E-state index contributed by atoms with van der Waals surface area (Å²) in [7, 11) is 0. The summed E-state index contributed by atoms with van der Waals surface area (Å²) in [6, 6.07) is 0. The number of halogens is 5. The minimum Gasteiger partial charge on any atom is -0.485 e. The number of hydrogen-bond acceptors (Lipinski definition) is 3. The van der Waals surface area contributed by atoms with Crippen molar-refractivity contribution in [2.75, 3.05) is 19.7 Å². The zero-order valence-corrected chi connectivity index (χ0v) is 10.5. The van der Waals surface area contributed by atoms with Crippen LogP contribution in [0.15, 0.2) is 0 Å². The summed E-state index contributed by atoms with van der Waals surface area (Å²) in [6.45, 7) is 2.42. The number of morpholine rings is 1. The van der Waals surface area contributed by atoms with Crippen LogP contribution in [0.5, 0.6) is 5.75 Å². The normalized spacial score (nSPS) is 22.9. The highest BCUT2D eigenvalue weighted by atomic mass is 19.2. The van der Waals surface area contributed by atoms with Crippen molar-refractivity contribution >= 4 is 0 Å². The molecular weight excluding hydrogens is 285 g/mol. The van der Waals surface area contributed by atoms with Gasteiger partial charge in [0, 0.05) is 13.1 Å². The summed E-state index contributed by atoms with van der Waals surface area (Å²) in [4.78, 5) is 0. The lowest BCUT2D eigenvalue weighted by atomic mass is 10.2. The lowest BCUT2D eigenvalue weighted by molar-refractivity contribution is -0.0481. The molecule has 2 unspecified atom stereocenters. The zero-order chi connectivity index (χ0) is 14.9. The van der Waals surface area contributed by atoms with Crippen molar-refractivity contribution in [2.45, 2.75) is 19.1 Å². The third-order valence-electron chi connectivity index (χ3n) is 2.81. The number of nitrogens with one attached hydrogen (secondary N) is 1. The van der Waals surface area contributed by atoms with Crippen LogP contribution in [0.1, 0.15) is 6.92 Å². The van der Waals surface area contributed by atoms with Crippen molar-refractivity contribution in [2.24, 2.45) is 0 Å². The lowest BCUT2D eigenvalue weighted by Crippen LogP contribution is -2.46. The third-order valence-corrected chi connectivity index (χ3v) is 2.81. The highest BCUT2D eigenvalue weighted by Crippen LogP contribution is 2.29. The van der Waals surface area contributed by atoms with E-state index >= 15 is 0 Å². The molecule has 3 nitrogen and oxygen atoms in total. The predicted molar refractivity (Wildman–Crippen MR) is 58.9 cm³/mol. The molecule has 112 valence electrons. The minimum absolute atomic E-state index is 0.131. The summed E-state index contributed by atoms with van der Waals surface area (Å²) >= 11 is 0. The molecule has 1 aliphatic heterocycles. The van der Waals surface area contributed by atoms with Gasteiger partial charge in [-0.25, -0.2) is 13.2 Å². The van der Waals surface area contributed by atoms with Crippen molar-refractivity contribution in [3.8, 4) is 5.75 Å². The summed E-state index contributed by atoms with van der Waals surface area (Å²) in [6.07, 6.45) is -0.664. The number of hydrogen-bond donors (Lipinski definition) is 1. The minimum atomic E-state index is -2.21. The van der Waals surface area contributed by atoms with Crippen LogP contribution in [-0.4, -0.2) is 31.9 Å². The smallest absolute Gasteiger partial charge is 0.206 e. The standard InChI is InChI=1S/C12H12F5NO2/c1-5-2-18-3-6(20-5)4-19-12-10(16)8(14)7(13)9(15)11(12)17/h5-6,18H,2-4H2,1H3. The zero-order valence-electron chi connectivity index (χ0n) is 10.5. The van der Waals surface area contributed by atoms with E-state index in [0.717, 1.165) is 0 Å². The van der Waals surface area contributed by atoms with E-state index in [-0.39, 0.29) is 12.7 Å². The topological polar surface area (TPSA) is 30.5 Å². The average molecular weight is 297 g/mol. The maximum absolute atomic E-state index is 13.3. The van der Waals surface area contributed by atoms with E-state index in [1.54, 1.807) is 6.92 Å². The Morgan fingerprint density at radius 3 is 2.10 bits per heavy atom. The molecule has 1 saturated heterocycles. The van der Waals surface area contributed by atoms with Crippen LogP contribution < -0.4 is 10.1 Å². The first kappa shape index (κ1) is 15.0. The fourth-order valence-corrected chi connectivity index (χ4v) is 1.86. The molecule has 0 bridgehead atoms. The second-order valence-corrected chi connectivity index (χ2v) is 4.44. The van der Waals surface area contributed by atoms with Crippen molar-refractivity contribution in [1.29, 1.82) is 0 Å². The van der Waals surface area contributed by atoms with Gasteiger partial charge in [-0.2, -0.15) is 8.78 Å². The van der Waals surface area contributed by atoms with E-state index in [4.69, 9.17) is 9.47 Å². The van der Waals surface area contributed by atoms with E-state index < -0.39 is 40.9 Å². The Morgan fingerprint density at radius 1 is 1.00 bits per heavy atom. The van der Waals surface area contributed by atoms with Crippen LogP contribution in [0.25, 0.3) is 0 Å². The van der Waals surface area contributed by atoms with Gasteiger partial charge in [-0.3, -0.25) is 0 Å². The molecule has 0 aromatic heterocycles. The number of ether oxygens (including phenoxy) is 2. The van der Waals surface area contributed by atoms with Crippen molar-refractivity contribution < 1.29 is 31.4 Å². The van der Waals surface area contributed by atoms with Crippen LogP contribution in [0.4, 0.5) is 22.0 Å². The molecule has 1 aromatic rings. The van der Waals surface area contributed by atoms with E-state index in [9.17, 15) is 22.0 Å². The van der Waals surface area contributed by atoms with Crippen molar-refractivity contribution in [3.63, 3.8) is 0 Å². The Labute approximate surface area is 111 Å². The van der Waals surface area contributed by atoms with Gasteiger partial charge in [-0.1, -0.05) is 0 Å². The van der Waals surface area contributed by atoms with E-state index in [2.05, 4.69) is 5.32 Å². The average Bonchev–Trinajstić information content (AvgIpc) is 2.43. The first-order valence-electron chi connectivity index (χ1n) is 5.92. The van der Waals surface area contributed by atoms with Crippen LogP contribution in [0.2, 0.25) is 0 Å². The van der Waals surface area contributed by atoms with Gasteiger partial charge in [0.05, 0.1) is 6.10 Å². The van der Waals surface area contributed by atoms with Gasteiger partial charge in [0.25, 0.3) is 0 Å². The quantitative estimate of drug-likeness (QED) is 0.527. The second kappa shape index (κ2) is 5.92. The lowest BCUT2D eigenvalue weighted by Gasteiger charge is -2.28. The Morgan fingerprint density at radius 2 is 1.55 bits per heavy atom. The fraction of sp³-hybridized carbons (Fsp3) is 0.500. The molecule has 1 N–H and O–H groups in total. The second-order valence-electron chi connectivity index (χ2n) is 4.44. The molecule has 8 heteroatoms. The Kier molecular flexibility index (Phi) is 4.44. The molecule has 1 fully saturated rings. The third kappa shape index (κ3) is 2.85. The van der Waals surface area contributed by atoms with E-state index in [0.29, 0.717) is 13.1 Å². The van der Waals surface area contributed by atoms with Gasteiger partial charge in [-0.05, 0) is 6.92 Å². The van der Waals surface area contributed by atoms with Crippen molar-refractivity contribution in [1.82, 2.24) is 5.32 Å². The maximum Gasteiger partial charge on any atom is 0.206 e. The monoisotopic (exact) mass is 297 g/mol. The Balaban J connectivity index is 2.13. The molecule has 20 heavy (non-hydrogen) atoms. The van der Waals surface area contributed by atoms with Gasteiger partial charge < -0.3 is 14.8 Å². The molecule has 0 aliphatic carbocycles. The molecule has 2 rings (SSSR count). The maximum atomic E-state index is 13.3. The molecular formula is C12H12F5NO2. The molecule has 0 spiro atoms. The van der Waals surface area contributed by atoms with Gasteiger partial charge >= 0.3 is 0 Å². The first-order valence-corrected chi connectivity index (χ1v) is 5.92. The Hall–Kier alpha value is -1.41. The predicted octanol–water partition coefficient (Wildman–Crippen LogP) is 2.14. The van der Waals surface area contributed by atoms with Crippen LogP contribution >= 0.6 is 0 Å². The van der Waals surface area contributed by atoms with Crippen LogP contribution in [0, 0.1) is 29.1 Å².